The number of carbonyl (C=O) groups is 2. The van der Waals surface area contributed by atoms with Crippen LogP contribution in [0.25, 0.3) is 16.7 Å². The van der Waals surface area contributed by atoms with Crippen molar-refractivity contribution in [1.29, 1.82) is 0 Å². The van der Waals surface area contributed by atoms with Gasteiger partial charge in [-0.25, -0.2) is 0 Å². The Hall–Kier alpha value is -4.26. The van der Waals surface area contributed by atoms with Crippen LogP contribution >= 0.6 is 0 Å². The van der Waals surface area contributed by atoms with Crippen LogP contribution in [0, 0.1) is 0 Å². The van der Waals surface area contributed by atoms with E-state index in [1.165, 1.54) is 11.1 Å². The number of pyridine rings is 2. The molecule has 1 saturated heterocycles. The van der Waals surface area contributed by atoms with Gasteiger partial charge in [-0.2, -0.15) is 0 Å². The summed E-state index contributed by atoms with van der Waals surface area (Å²) < 4.78 is 0. The molecule has 4 aromatic rings. The molecule has 7 heteroatoms. The van der Waals surface area contributed by atoms with Crippen LogP contribution in [0.3, 0.4) is 0 Å². The molecule has 32 heavy (non-hydrogen) atoms. The molecule has 0 spiro atoms. The van der Waals surface area contributed by atoms with Crippen molar-refractivity contribution in [3.8, 4) is 0 Å². The fraction of sp³-hybridized carbons (Fsp3) is 0.120. The van der Waals surface area contributed by atoms with Crippen LogP contribution in [0.5, 0.6) is 0 Å². The molecule has 0 aliphatic carbocycles. The number of aliphatic hydroxyl groups is 1. The second-order valence-electron chi connectivity index (χ2n) is 7.63. The molecule has 1 atom stereocenters. The average molecular weight is 424 g/mol. The largest absolute Gasteiger partial charge is 0.507 e. The maximum absolute atomic E-state index is 13.0. The number of Topliss-reactive ketones (excluding diaryl/α,β-unsaturated/α-hetero) is 1. The molecule has 5 rings (SSSR count). The number of nitrogens with zero attached hydrogens (tertiary/aromatic N) is 3. The van der Waals surface area contributed by atoms with Gasteiger partial charge in [0.15, 0.2) is 0 Å². The van der Waals surface area contributed by atoms with Crippen LogP contribution in [-0.4, -0.2) is 43.2 Å². The molecule has 0 radical (unpaired) electrons. The predicted octanol–water partition coefficient (Wildman–Crippen LogP) is 3.62. The maximum atomic E-state index is 13.0. The van der Waals surface area contributed by atoms with Gasteiger partial charge in [0.1, 0.15) is 5.76 Å². The number of aromatic nitrogens is 3. The Morgan fingerprint density at radius 1 is 1.00 bits per heavy atom. The van der Waals surface area contributed by atoms with Gasteiger partial charge in [0, 0.05) is 54.0 Å². The van der Waals surface area contributed by atoms with E-state index >= 15 is 0 Å². The van der Waals surface area contributed by atoms with Gasteiger partial charge in [0.05, 0.1) is 11.6 Å². The van der Waals surface area contributed by atoms with Crippen molar-refractivity contribution in [2.75, 3.05) is 6.54 Å². The number of nitrogens with one attached hydrogen (secondary N) is 1. The minimum Gasteiger partial charge on any atom is -0.507 e. The lowest BCUT2D eigenvalue weighted by Crippen LogP contribution is -2.31. The second kappa shape index (κ2) is 8.11. The summed E-state index contributed by atoms with van der Waals surface area (Å²) in [7, 11) is 0. The van der Waals surface area contributed by atoms with E-state index in [4.69, 9.17) is 0 Å². The number of aliphatic hydroxyl groups excluding tert-OH is 1. The highest BCUT2D eigenvalue weighted by Crippen LogP contribution is 2.39. The van der Waals surface area contributed by atoms with Gasteiger partial charge >= 0.3 is 0 Å². The van der Waals surface area contributed by atoms with Crippen LogP contribution in [0.1, 0.15) is 22.7 Å². The number of H-pyrrole nitrogens is 1. The van der Waals surface area contributed by atoms with E-state index in [-0.39, 0.29) is 11.3 Å². The average Bonchev–Trinajstić information content (AvgIpc) is 3.37. The summed E-state index contributed by atoms with van der Waals surface area (Å²) in [6.07, 6.45) is 8.77. The van der Waals surface area contributed by atoms with E-state index in [0.717, 1.165) is 16.5 Å². The van der Waals surface area contributed by atoms with E-state index in [0.29, 0.717) is 24.1 Å². The molecule has 3 aromatic heterocycles. The molecular weight excluding hydrogens is 404 g/mol. The van der Waals surface area contributed by atoms with Crippen molar-refractivity contribution in [2.45, 2.75) is 12.5 Å². The number of para-hydroxylation sites is 1. The van der Waals surface area contributed by atoms with Gasteiger partial charge in [-0.1, -0.05) is 24.3 Å². The summed E-state index contributed by atoms with van der Waals surface area (Å²) in [5, 5.41) is 12.0. The Morgan fingerprint density at radius 3 is 2.53 bits per heavy atom. The van der Waals surface area contributed by atoms with Crippen molar-refractivity contribution in [1.82, 2.24) is 19.9 Å². The number of hydrogen-bond acceptors (Lipinski definition) is 5. The first-order valence-electron chi connectivity index (χ1n) is 10.3. The molecular formula is C25H20N4O3. The highest BCUT2D eigenvalue weighted by molar-refractivity contribution is 6.46. The maximum Gasteiger partial charge on any atom is 0.295 e. The van der Waals surface area contributed by atoms with Gasteiger partial charge in [-0.05, 0) is 41.8 Å². The number of amides is 1. The summed E-state index contributed by atoms with van der Waals surface area (Å²) in [6.45, 7) is 0.315. The highest BCUT2D eigenvalue weighted by atomic mass is 16.3. The number of rotatable bonds is 5. The molecule has 0 bridgehead atoms. The zero-order valence-electron chi connectivity index (χ0n) is 17.1. The standard InChI is InChI=1S/C25H20N4O3/c30-23(18-6-4-11-27-14-18)21-22(17-5-3-10-26-13-17)29(25(32)24(21)31)12-9-16-15-28-20-8-2-1-7-19(16)20/h1-8,10-11,13-15,22,28,30H,9,12H2. The zero-order valence-corrected chi connectivity index (χ0v) is 17.1. The highest BCUT2D eigenvalue weighted by Gasteiger charge is 2.46. The molecule has 1 unspecified atom stereocenters. The van der Waals surface area contributed by atoms with Crippen molar-refractivity contribution < 1.29 is 14.7 Å². The topological polar surface area (TPSA) is 99.2 Å². The third-order valence-electron chi connectivity index (χ3n) is 5.77. The minimum absolute atomic E-state index is 0.0509. The normalized spacial score (nSPS) is 17.9. The van der Waals surface area contributed by atoms with Crippen molar-refractivity contribution in [2.24, 2.45) is 0 Å². The van der Waals surface area contributed by atoms with Gasteiger partial charge in [-0.3, -0.25) is 19.6 Å². The summed E-state index contributed by atoms with van der Waals surface area (Å²) >= 11 is 0. The molecule has 1 fully saturated rings. The molecule has 1 aliphatic rings. The molecule has 1 aromatic carbocycles. The smallest absolute Gasteiger partial charge is 0.295 e. The zero-order chi connectivity index (χ0) is 22.1. The third kappa shape index (κ3) is 3.33. The van der Waals surface area contributed by atoms with Gasteiger partial charge in [0.25, 0.3) is 11.7 Å². The van der Waals surface area contributed by atoms with Crippen LogP contribution < -0.4 is 0 Å². The van der Waals surface area contributed by atoms with Gasteiger partial charge in [0.2, 0.25) is 0 Å². The number of aromatic amines is 1. The molecule has 1 amide bonds. The Morgan fingerprint density at radius 2 is 1.78 bits per heavy atom. The van der Waals surface area contributed by atoms with Crippen molar-refractivity contribution in [3.63, 3.8) is 0 Å². The first kappa shape index (κ1) is 19.7. The van der Waals surface area contributed by atoms with Gasteiger partial charge < -0.3 is 15.0 Å². The van der Waals surface area contributed by atoms with E-state index < -0.39 is 17.7 Å². The summed E-state index contributed by atoms with van der Waals surface area (Å²) in [6, 6.07) is 14.1. The van der Waals surface area contributed by atoms with E-state index in [1.807, 2.05) is 30.5 Å². The van der Waals surface area contributed by atoms with Crippen LogP contribution in [0.15, 0.2) is 85.1 Å². The number of hydrogen-bond donors (Lipinski definition) is 2. The minimum atomic E-state index is -0.728. The van der Waals surface area contributed by atoms with Crippen molar-refractivity contribution >= 4 is 28.4 Å². The Labute approximate surface area is 184 Å². The first-order chi connectivity index (χ1) is 15.6. The molecule has 1 aliphatic heterocycles. The molecule has 158 valence electrons. The Bertz CT molecular complexity index is 1330. The monoisotopic (exact) mass is 424 g/mol. The number of benzene rings is 1. The summed E-state index contributed by atoms with van der Waals surface area (Å²) in [5.74, 6) is -1.58. The van der Waals surface area contributed by atoms with Crippen LogP contribution in [-0.2, 0) is 16.0 Å². The fourth-order valence-electron chi connectivity index (χ4n) is 4.23. The number of ketones is 1. The fourth-order valence-corrected chi connectivity index (χ4v) is 4.23. The second-order valence-corrected chi connectivity index (χ2v) is 7.63. The Balaban J connectivity index is 1.55. The lowest BCUT2D eigenvalue weighted by Gasteiger charge is -2.25. The van der Waals surface area contributed by atoms with Gasteiger partial charge in [-0.15, -0.1) is 0 Å². The van der Waals surface area contributed by atoms with Crippen LogP contribution in [0.2, 0.25) is 0 Å². The van der Waals surface area contributed by atoms with E-state index in [1.54, 1.807) is 42.9 Å². The third-order valence-corrected chi connectivity index (χ3v) is 5.77. The molecule has 0 saturated carbocycles. The molecule has 2 N–H and O–H groups in total. The predicted molar refractivity (Wildman–Crippen MR) is 119 cm³/mol. The number of fused-ring (bicyclic) bond motifs is 1. The van der Waals surface area contributed by atoms with E-state index in [9.17, 15) is 14.7 Å². The molecule has 4 heterocycles. The quantitative estimate of drug-likeness (QED) is 0.290. The van der Waals surface area contributed by atoms with E-state index in [2.05, 4.69) is 15.0 Å². The first-order valence-corrected chi connectivity index (χ1v) is 10.3. The Kier molecular flexibility index (Phi) is 4.99. The number of carbonyl (C=O) groups excluding carboxylic acids is 2. The molecule has 7 nitrogen and oxygen atoms in total. The SMILES string of the molecule is O=C1C(=O)N(CCc2c[nH]c3ccccc23)C(c2cccnc2)C1=C(O)c1cccnc1. The summed E-state index contributed by atoms with van der Waals surface area (Å²) in [4.78, 5) is 39.0. The number of likely N-dealkylation sites (tertiary alicyclic amines) is 1. The lowest BCUT2D eigenvalue weighted by molar-refractivity contribution is -0.139. The summed E-state index contributed by atoms with van der Waals surface area (Å²) in [5.41, 5.74) is 3.17. The lowest BCUT2D eigenvalue weighted by atomic mass is 9.96. The van der Waals surface area contributed by atoms with Crippen molar-refractivity contribution in [3.05, 3.63) is 102 Å². The van der Waals surface area contributed by atoms with Crippen LogP contribution in [0.4, 0.5) is 0 Å².